The van der Waals surface area contributed by atoms with Crippen LogP contribution in [0.2, 0.25) is 0 Å². The van der Waals surface area contributed by atoms with Crippen LogP contribution < -0.4 is 43.6 Å². The molecule has 20 N–H and O–H groups in total. The van der Waals surface area contributed by atoms with E-state index in [2.05, 4.69) is 34.7 Å². The van der Waals surface area contributed by atoms with Crippen LogP contribution in [0.5, 0.6) is 11.5 Å². The van der Waals surface area contributed by atoms with E-state index < -0.39 is 199 Å². The number of esters is 1. The molecule has 1 amide bonds. The molecular weight excluding hydrogens is 1280 g/mol. The molecule has 0 radical (unpaired) electrons. The Hall–Kier alpha value is -5.47. The fourth-order valence-corrected chi connectivity index (χ4v) is 14.7. The van der Waals surface area contributed by atoms with Crippen molar-refractivity contribution in [2.45, 2.75) is 235 Å². The molecule has 9 aliphatic rings. The van der Waals surface area contributed by atoms with Gasteiger partial charge in [-0.25, -0.2) is 0 Å². The molecule has 10 rings (SSSR count). The van der Waals surface area contributed by atoms with Crippen LogP contribution in [0.1, 0.15) is 120 Å². The van der Waals surface area contributed by atoms with Gasteiger partial charge in [-0.3, -0.25) is 24.2 Å². The van der Waals surface area contributed by atoms with Gasteiger partial charge in [-0.2, -0.15) is 0 Å². The number of phenolic OH excluding ortho intramolecular Hbond substituents is 1. The van der Waals surface area contributed by atoms with Gasteiger partial charge in [0, 0.05) is 106 Å². The summed E-state index contributed by atoms with van der Waals surface area (Å²) >= 11 is 0. The topological polar surface area (TPSA) is 489 Å². The van der Waals surface area contributed by atoms with Crippen molar-refractivity contribution in [3.63, 3.8) is 0 Å². The zero-order chi connectivity index (χ0) is 72.1. The van der Waals surface area contributed by atoms with Gasteiger partial charge < -0.3 is 132 Å². The smallest absolute Gasteiger partial charge is 0.312 e. The van der Waals surface area contributed by atoms with E-state index in [1.807, 2.05) is 0 Å². The molecule has 1 aromatic rings. The van der Waals surface area contributed by atoms with Crippen molar-refractivity contribution in [2.24, 2.45) is 57.5 Å². The van der Waals surface area contributed by atoms with Crippen LogP contribution in [-0.4, -0.2) is 260 Å². The van der Waals surface area contributed by atoms with Crippen molar-refractivity contribution in [2.75, 3.05) is 40.4 Å². The number of methoxy groups -OCH3 is 1. The van der Waals surface area contributed by atoms with E-state index in [1.165, 1.54) is 34.1 Å². The van der Waals surface area contributed by atoms with Crippen LogP contribution in [0.15, 0.2) is 52.5 Å². The van der Waals surface area contributed by atoms with Crippen molar-refractivity contribution < 1.29 is 108 Å². The highest BCUT2D eigenvalue weighted by atomic mass is 16.8. The van der Waals surface area contributed by atoms with Gasteiger partial charge in [-0.15, -0.1) is 0 Å². The number of rotatable bonds is 10. The van der Waals surface area contributed by atoms with E-state index in [1.54, 1.807) is 66.0 Å². The van der Waals surface area contributed by atoms with Crippen LogP contribution in [-0.2, 0) is 47.5 Å². The van der Waals surface area contributed by atoms with Crippen LogP contribution in [0, 0.1) is 36.5 Å². The highest BCUT2D eigenvalue weighted by Crippen LogP contribution is 2.51. The Morgan fingerprint density at radius 1 is 0.786 bits per heavy atom. The lowest BCUT2D eigenvalue weighted by Crippen LogP contribution is -2.70. The highest BCUT2D eigenvalue weighted by Gasteiger charge is 2.57. The van der Waals surface area contributed by atoms with Crippen molar-refractivity contribution >= 4 is 29.2 Å². The number of piperidine rings is 1. The van der Waals surface area contributed by atoms with Crippen LogP contribution in [0.3, 0.4) is 0 Å². The second kappa shape index (κ2) is 31.0. The molecule has 26 atom stereocenters. The average Bonchev–Trinajstić information content (AvgIpc) is 1.52. The molecule has 1 spiro atoms. The monoisotopic (exact) mass is 1390 g/mol. The lowest BCUT2D eigenvalue weighted by molar-refractivity contribution is -0.373. The summed E-state index contributed by atoms with van der Waals surface area (Å²) in [6.45, 7) is 19.0. The zero-order valence-electron chi connectivity index (χ0n) is 57.6. The summed E-state index contributed by atoms with van der Waals surface area (Å²) in [5, 5.41) is 106. The number of phenols is 1. The number of likely N-dealkylation sites (N-methyl/N-ethyl adjacent to an activating group) is 1. The Morgan fingerprint density at radius 2 is 1.47 bits per heavy atom. The third-order valence-electron chi connectivity index (χ3n) is 20.7. The molecule has 31 nitrogen and oxygen atoms in total. The Kier molecular flexibility index (Phi) is 24.3. The van der Waals surface area contributed by atoms with Gasteiger partial charge in [0.1, 0.15) is 71.7 Å². The number of allylic oxidation sites excluding steroid dienone is 4. The third-order valence-corrected chi connectivity index (χ3v) is 20.7. The fourth-order valence-electron chi connectivity index (χ4n) is 14.7. The van der Waals surface area contributed by atoms with Gasteiger partial charge >= 0.3 is 11.8 Å². The normalized spacial score (nSPS) is 41.8. The molecule has 5 fully saturated rings. The molecule has 548 valence electrons. The fraction of sp³-hybridized carbons (Fsp3) is 0.716. The van der Waals surface area contributed by atoms with Gasteiger partial charge in [-0.05, 0) is 45.7 Å². The summed E-state index contributed by atoms with van der Waals surface area (Å²) in [7, 11) is 3.02. The lowest BCUT2D eigenvalue weighted by Gasteiger charge is -2.51. The largest absolute Gasteiger partial charge is 0.507 e. The minimum atomic E-state index is -1.97. The van der Waals surface area contributed by atoms with Crippen LogP contribution >= 0.6 is 0 Å². The number of likely N-dealkylation sites (tertiary alicyclic amines) is 1. The summed E-state index contributed by atoms with van der Waals surface area (Å²) in [6, 6.07) is -4.05. The number of aliphatic hydroxyl groups excluding tert-OH is 8. The maximum absolute atomic E-state index is 14.7. The summed E-state index contributed by atoms with van der Waals surface area (Å²) in [5.74, 6) is -6.78. The lowest BCUT2D eigenvalue weighted by atomic mass is 9.78. The Bertz CT molecular complexity index is 3230. The number of ether oxygens (including phenoxy) is 9. The Labute approximate surface area is 569 Å². The molecular formula is C67H103N9O22. The van der Waals surface area contributed by atoms with Crippen molar-refractivity contribution in [1.29, 1.82) is 0 Å². The molecule has 7 aliphatic heterocycles. The molecule has 2 aliphatic carbocycles. The summed E-state index contributed by atoms with van der Waals surface area (Å²) < 4.78 is 53.2. The number of hydrogen-bond acceptors (Lipinski definition) is 30. The van der Waals surface area contributed by atoms with Gasteiger partial charge in [0.05, 0.1) is 84.0 Å². The van der Waals surface area contributed by atoms with E-state index in [9.17, 15) is 65.1 Å². The first-order valence-electron chi connectivity index (χ1n) is 33.7. The van der Waals surface area contributed by atoms with Crippen molar-refractivity contribution in [3.8, 4) is 11.5 Å². The van der Waals surface area contributed by atoms with Gasteiger partial charge in [0.25, 0.3) is 11.7 Å². The standard InChI is InChI=1S/C46H62N4O11.C21H41N5O11/c1-22(2)21-50-18-16-46(17-19-50)48-34-31-32-39(54)28(8)42-33(31)43(56)45(10,61-42)59-20-15-30(58-11)25(5)41(60-29(9)51)27(7)38(53)26(6)37(52)23(3)13-12-14-24(4)44(57)47-36(40(32)55)35(34)49-46;1-26-11-14(30)18-8(33-20(11)37-21-16(32)13(29)10(25)9(4-27)34-21)3-7(24)19(36-18)35-17-6(23)2-5(22)12(28)15(17)31/h12-15,20,22-23,25-27,30,37-38,41,49,52-54H,16-19,21H2,1-11H3,(H,47,57);5-21,26-32H,2-4,22-25H2,1H3/b13-12-,20-15-,24-14-;/t23-,25-,26+,27+,30-,37-,38+,41-,45+;5-,6+,7-,8+,9-,10-,11+,12+,13+,14-,15-,16-,17-,18+,19+,20-,21-/m11/s1. The third kappa shape index (κ3) is 15.2. The van der Waals surface area contributed by atoms with E-state index in [4.69, 9.17) is 70.6 Å². The first-order chi connectivity index (χ1) is 46.1. The highest BCUT2D eigenvalue weighted by molar-refractivity contribution is 6.34. The molecule has 5 bridgehead atoms. The maximum atomic E-state index is 14.7. The number of carbonyl (C=O) groups is 4. The van der Waals surface area contributed by atoms with Crippen molar-refractivity contribution in [3.05, 3.63) is 69.8 Å². The first-order valence-corrected chi connectivity index (χ1v) is 33.7. The molecule has 1 saturated carbocycles. The van der Waals surface area contributed by atoms with Crippen molar-refractivity contribution in [1.82, 2.24) is 20.9 Å². The molecule has 0 aromatic heterocycles. The Morgan fingerprint density at radius 3 is 2.10 bits per heavy atom. The van der Waals surface area contributed by atoms with Crippen LogP contribution in [0.4, 0.5) is 0 Å². The number of nitrogens with two attached hydrogens (primary N) is 4. The number of ketones is 2. The number of amides is 1. The number of carbonyl (C=O) groups excluding carboxylic acids is 4. The summed E-state index contributed by atoms with van der Waals surface area (Å²) in [4.78, 5) is 63.3. The van der Waals surface area contributed by atoms with E-state index in [-0.39, 0.29) is 63.5 Å². The number of Topliss-reactive ketones (excluding diaryl/α,β-unsaturated/α-hetero) is 2. The minimum absolute atomic E-state index is 0.0164. The number of benzene rings is 1. The van der Waals surface area contributed by atoms with E-state index >= 15 is 0 Å². The van der Waals surface area contributed by atoms with Gasteiger partial charge in [0.2, 0.25) is 5.78 Å². The van der Waals surface area contributed by atoms with E-state index in [0.29, 0.717) is 18.8 Å². The number of hydrogen-bond donors (Lipinski definition) is 16. The van der Waals surface area contributed by atoms with Gasteiger partial charge in [-0.1, -0.05) is 59.8 Å². The van der Waals surface area contributed by atoms with Crippen LogP contribution in [0.25, 0.3) is 0 Å². The number of aliphatic hydroxyl groups is 8. The SMILES string of the molecule is CN[C@@H]1[C@@H](O[C@H]2O[C@H](CO)[C@@H](N)[C@H](O)[C@H]2O)O[C@H]2C[C@@H](N)[C@@H](O[C@H]3[C@H](O)[C@@H](O)[C@H](N)C[C@@H]3N)O[C@@H]2[C@@H]1O.CO[C@@H]1/C=C\O[C@@]2(C)Oc3c(C)c(O)c4c(c3C2=O)C2=NC3(CCN(CC(C)C)CC3)NC2=C(NC(=O)/C(C)=C\C=C/[C@@H](C)[C@@H](O)[C@H](C)[C@H](O)[C@H](C)[C@H](OC(C)=O)[C@@H]1C)C4=O. The molecule has 31 heteroatoms. The minimum Gasteiger partial charge on any atom is -0.507 e. The Balaban J connectivity index is 0.000000259. The van der Waals surface area contributed by atoms with Gasteiger partial charge in [0.15, 0.2) is 18.9 Å². The predicted octanol–water partition coefficient (Wildman–Crippen LogP) is -2.33. The summed E-state index contributed by atoms with van der Waals surface area (Å²) in [5.41, 5.74) is 23.8. The predicted molar refractivity (Wildman–Crippen MR) is 350 cm³/mol. The molecule has 7 heterocycles. The number of fused-ring (bicyclic) bond motifs is 4. The second-order valence-electron chi connectivity index (χ2n) is 28.3. The quantitative estimate of drug-likeness (QED) is 0.109. The molecule has 1 aromatic carbocycles. The first kappa shape index (κ1) is 76.7. The maximum Gasteiger partial charge on any atom is 0.312 e. The average molecular weight is 1390 g/mol. The molecule has 0 unspecified atom stereocenters. The zero-order valence-corrected chi connectivity index (χ0v) is 57.6. The number of aliphatic imine (C=N–C) groups is 1. The second-order valence-corrected chi connectivity index (χ2v) is 28.3. The summed E-state index contributed by atoms with van der Waals surface area (Å²) in [6.07, 6.45) is -8.64. The number of aromatic hydroxyl groups is 1. The van der Waals surface area contributed by atoms with E-state index in [0.717, 1.165) is 19.6 Å². The number of nitrogens with zero attached hydrogens (tertiary/aromatic N) is 2. The number of nitrogens with one attached hydrogen (secondary N) is 3. The molecule has 98 heavy (non-hydrogen) atoms. The molecule has 4 saturated heterocycles.